The summed E-state index contributed by atoms with van der Waals surface area (Å²) in [5.41, 5.74) is 2.31. The van der Waals surface area contributed by atoms with Crippen LogP contribution < -0.4 is 10.2 Å². The van der Waals surface area contributed by atoms with E-state index in [0.29, 0.717) is 5.56 Å². The first-order valence-electron chi connectivity index (χ1n) is 6.51. The first-order chi connectivity index (χ1) is 9.58. The van der Waals surface area contributed by atoms with Crippen molar-refractivity contribution in [2.45, 2.75) is 6.10 Å². The molecule has 0 heterocycles. The lowest BCUT2D eigenvalue weighted by atomic mass is 10.1. The number of rotatable bonds is 5. The molecule has 20 heavy (non-hydrogen) atoms. The summed E-state index contributed by atoms with van der Waals surface area (Å²) in [6.45, 7) is 0.266. The molecule has 0 saturated heterocycles. The molecule has 0 amide bonds. The lowest BCUT2D eigenvalue weighted by Crippen LogP contribution is -2.13. The molecule has 0 radical (unpaired) electrons. The van der Waals surface area contributed by atoms with Crippen molar-refractivity contribution in [2.75, 3.05) is 30.9 Å². The highest BCUT2D eigenvalue weighted by molar-refractivity contribution is 5.54. The van der Waals surface area contributed by atoms with Crippen molar-refractivity contribution < 1.29 is 9.50 Å². The van der Waals surface area contributed by atoms with Gasteiger partial charge in [0, 0.05) is 37.6 Å². The number of aliphatic hydroxyl groups excluding tert-OH is 1. The van der Waals surface area contributed by atoms with Crippen LogP contribution in [0.4, 0.5) is 15.8 Å². The predicted molar refractivity (Wildman–Crippen MR) is 80.6 cm³/mol. The van der Waals surface area contributed by atoms with Gasteiger partial charge in [0.05, 0.1) is 6.10 Å². The minimum absolute atomic E-state index is 0.266. The first-order valence-corrected chi connectivity index (χ1v) is 6.51. The van der Waals surface area contributed by atoms with E-state index in [4.69, 9.17) is 0 Å². The van der Waals surface area contributed by atoms with Crippen molar-refractivity contribution in [1.82, 2.24) is 0 Å². The van der Waals surface area contributed by atoms with E-state index in [1.165, 1.54) is 6.07 Å². The maximum atomic E-state index is 13.5. The third-order valence-corrected chi connectivity index (χ3v) is 3.15. The van der Waals surface area contributed by atoms with Gasteiger partial charge in [-0.05, 0) is 30.3 Å². The fourth-order valence-electron chi connectivity index (χ4n) is 1.95. The smallest absolute Gasteiger partial charge is 0.129 e. The molecule has 0 saturated carbocycles. The van der Waals surface area contributed by atoms with Gasteiger partial charge in [-0.3, -0.25) is 0 Å². The number of hydrogen-bond acceptors (Lipinski definition) is 3. The number of benzene rings is 2. The van der Waals surface area contributed by atoms with Crippen molar-refractivity contribution in [3.63, 3.8) is 0 Å². The van der Waals surface area contributed by atoms with Crippen LogP contribution in [0.3, 0.4) is 0 Å². The summed E-state index contributed by atoms with van der Waals surface area (Å²) in [7, 11) is 3.95. The van der Waals surface area contributed by atoms with Gasteiger partial charge >= 0.3 is 0 Å². The molecule has 0 aliphatic rings. The molecule has 1 unspecified atom stereocenters. The number of nitrogens with one attached hydrogen (secondary N) is 1. The van der Waals surface area contributed by atoms with Crippen LogP contribution >= 0.6 is 0 Å². The van der Waals surface area contributed by atoms with E-state index in [9.17, 15) is 9.50 Å². The van der Waals surface area contributed by atoms with Crippen molar-refractivity contribution in [3.8, 4) is 0 Å². The summed E-state index contributed by atoms with van der Waals surface area (Å²) in [5, 5.41) is 13.1. The fourth-order valence-corrected chi connectivity index (χ4v) is 1.95. The SMILES string of the molecule is CN(C)c1ccc(NCC(O)c2ccccc2F)cc1. The summed E-state index contributed by atoms with van der Waals surface area (Å²) >= 11 is 0. The van der Waals surface area contributed by atoms with Crippen LogP contribution in [0.2, 0.25) is 0 Å². The number of aliphatic hydroxyl groups is 1. The lowest BCUT2D eigenvalue weighted by molar-refractivity contribution is 0.186. The standard InChI is InChI=1S/C16H19FN2O/c1-19(2)13-9-7-12(8-10-13)18-11-16(20)14-5-3-4-6-15(14)17/h3-10,16,18,20H,11H2,1-2H3. The minimum atomic E-state index is -0.871. The predicted octanol–water partition coefficient (Wildman–Crippen LogP) is 3.04. The maximum absolute atomic E-state index is 13.5. The average Bonchev–Trinajstić information content (AvgIpc) is 2.45. The Kier molecular flexibility index (Phi) is 4.58. The highest BCUT2D eigenvalue weighted by atomic mass is 19.1. The van der Waals surface area contributed by atoms with Crippen molar-refractivity contribution in [1.29, 1.82) is 0 Å². The molecule has 2 N–H and O–H groups in total. The van der Waals surface area contributed by atoms with Gasteiger partial charge < -0.3 is 15.3 Å². The Hall–Kier alpha value is -2.07. The van der Waals surface area contributed by atoms with Gasteiger partial charge in [0.2, 0.25) is 0 Å². The molecule has 0 bridgehead atoms. The van der Waals surface area contributed by atoms with Crippen molar-refractivity contribution in [3.05, 3.63) is 59.9 Å². The number of anilines is 2. The second-order valence-electron chi connectivity index (χ2n) is 4.86. The topological polar surface area (TPSA) is 35.5 Å². The molecule has 0 fully saturated rings. The Balaban J connectivity index is 1.96. The monoisotopic (exact) mass is 274 g/mol. The molecule has 3 nitrogen and oxygen atoms in total. The van der Waals surface area contributed by atoms with Crippen molar-refractivity contribution in [2.24, 2.45) is 0 Å². The van der Waals surface area contributed by atoms with E-state index >= 15 is 0 Å². The van der Waals surface area contributed by atoms with E-state index in [2.05, 4.69) is 5.32 Å². The Morgan fingerprint density at radius 1 is 1.10 bits per heavy atom. The molecule has 0 aromatic heterocycles. The summed E-state index contributed by atoms with van der Waals surface area (Å²) in [5.74, 6) is -0.384. The largest absolute Gasteiger partial charge is 0.386 e. The Morgan fingerprint density at radius 3 is 2.35 bits per heavy atom. The number of nitrogens with zero attached hydrogens (tertiary/aromatic N) is 1. The van der Waals surface area contributed by atoms with Crippen LogP contribution in [-0.4, -0.2) is 25.7 Å². The van der Waals surface area contributed by atoms with Gasteiger partial charge in [0.1, 0.15) is 5.82 Å². The van der Waals surface area contributed by atoms with Crippen LogP contribution in [0.5, 0.6) is 0 Å². The maximum Gasteiger partial charge on any atom is 0.129 e. The van der Waals surface area contributed by atoms with E-state index < -0.39 is 6.10 Å². The fraction of sp³-hybridized carbons (Fsp3) is 0.250. The normalized spacial score (nSPS) is 12.0. The molecule has 0 aliphatic carbocycles. The molecule has 2 aromatic carbocycles. The lowest BCUT2D eigenvalue weighted by Gasteiger charge is -2.16. The minimum Gasteiger partial charge on any atom is -0.386 e. The molecule has 1 atom stereocenters. The van der Waals surface area contributed by atoms with Crippen LogP contribution in [0.1, 0.15) is 11.7 Å². The molecular weight excluding hydrogens is 255 g/mol. The van der Waals surface area contributed by atoms with Gasteiger partial charge in [0.15, 0.2) is 0 Å². The summed E-state index contributed by atoms with van der Waals surface area (Å²) in [6, 6.07) is 14.1. The Labute approximate surface area is 118 Å². The molecule has 2 aromatic rings. The second kappa shape index (κ2) is 6.39. The quantitative estimate of drug-likeness (QED) is 0.879. The molecule has 4 heteroatoms. The molecule has 106 valence electrons. The van der Waals surface area contributed by atoms with Crippen LogP contribution in [-0.2, 0) is 0 Å². The average molecular weight is 274 g/mol. The zero-order valence-electron chi connectivity index (χ0n) is 11.7. The molecule has 0 spiro atoms. The zero-order valence-corrected chi connectivity index (χ0v) is 11.7. The van der Waals surface area contributed by atoms with Gasteiger partial charge in [-0.1, -0.05) is 18.2 Å². The van der Waals surface area contributed by atoms with Crippen LogP contribution in [0, 0.1) is 5.82 Å². The van der Waals surface area contributed by atoms with Crippen LogP contribution in [0.15, 0.2) is 48.5 Å². The third-order valence-electron chi connectivity index (χ3n) is 3.15. The van der Waals surface area contributed by atoms with Crippen LogP contribution in [0.25, 0.3) is 0 Å². The molecular formula is C16H19FN2O. The summed E-state index contributed by atoms with van der Waals surface area (Å²) < 4.78 is 13.5. The summed E-state index contributed by atoms with van der Waals surface area (Å²) in [4.78, 5) is 2.01. The summed E-state index contributed by atoms with van der Waals surface area (Å²) in [6.07, 6.45) is -0.871. The highest BCUT2D eigenvalue weighted by Gasteiger charge is 2.11. The Morgan fingerprint density at radius 2 is 1.75 bits per heavy atom. The van der Waals surface area contributed by atoms with Gasteiger partial charge in [-0.25, -0.2) is 4.39 Å². The van der Waals surface area contributed by atoms with Gasteiger partial charge in [0.25, 0.3) is 0 Å². The zero-order chi connectivity index (χ0) is 14.5. The van der Waals surface area contributed by atoms with Crippen molar-refractivity contribution >= 4 is 11.4 Å². The van der Waals surface area contributed by atoms with E-state index in [1.807, 2.05) is 43.3 Å². The Bertz CT molecular complexity index is 555. The first kappa shape index (κ1) is 14.3. The molecule has 0 aliphatic heterocycles. The molecule has 2 rings (SSSR count). The van der Waals surface area contributed by atoms with E-state index in [0.717, 1.165) is 11.4 Å². The van der Waals surface area contributed by atoms with Gasteiger partial charge in [-0.2, -0.15) is 0 Å². The third kappa shape index (κ3) is 3.48. The number of halogens is 1. The van der Waals surface area contributed by atoms with E-state index in [-0.39, 0.29) is 12.4 Å². The highest BCUT2D eigenvalue weighted by Crippen LogP contribution is 2.19. The van der Waals surface area contributed by atoms with E-state index in [1.54, 1.807) is 18.2 Å². The number of hydrogen-bond donors (Lipinski definition) is 2. The van der Waals surface area contributed by atoms with Gasteiger partial charge in [-0.15, -0.1) is 0 Å². The second-order valence-corrected chi connectivity index (χ2v) is 4.86.